The van der Waals surface area contributed by atoms with Gasteiger partial charge in [-0.25, -0.2) is 14.6 Å². The number of methoxy groups -OCH3 is 1. The van der Waals surface area contributed by atoms with Gasteiger partial charge < -0.3 is 15.2 Å². The number of rotatable bonds is 6. The van der Waals surface area contributed by atoms with E-state index in [1.54, 1.807) is 24.3 Å². The minimum Gasteiger partial charge on any atom is -0.493 e. The van der Waals surface area contributed by atoms with E-state index >= 15 is 0 Å². The Morgan fingerprint density at radius 3 is 2.79 bits per heavy atom. The summed E-state index contributed by atoms with van der Waals surface area (Å²) in [6.45, 7) is -0.101. The first-order valence-electron chi connectivity index (χ1n) is 6.84. The standard InChI is InChI=1S/C16H15ClFN3O3/c1-23-14-7-2-4-10(8-20-21-16(19)22)15(14)24-9-11-12(17)5-3-6-13(11)18/h2-8H,9H2,1H3,(H3,19,21,22). The van der Waals surface area contributed by atoms with Crippen molar-refractivity contribution in [2.45, 2.75) is 6.61 Å². The highest BCUT2D eigenvalue weighted by Crippen LogP contribution is 2.31. The van der Waals surface area contributed by atoms with Gasteiger partial charge in [-0.1, -0.05) is 23.7 Å². The molecule has 2 amide bonds. The zero-order chi connectivity index (χ0) is 17.5. The average Bonchev–Trinajstić information content (AvgIpc) is 2.54. The van der Waals surface area contributed by atoms with Gasteiger partial charge in [0.15, 0.2) is 11.5 Å². The molecule has 0 atom stereocenters. The summed E-state index contributed by atoms with van der Waals surface area (Å²) in [6.07, 6.45) is 1.34. The van der Waals surface area contributed by atoms with Crippen LogP contribution < -0.4 is 20.6 Å². The highest BCUT2D eigenvalue weighted by Gasteiger charge is 2.13. The van der Waals surface area contributed by atoms with Crippen LogP contribution in [0.1, 0.15) is 11.1 Å². The fraction of sp³-hybridized carbons (Fsp3) is 0.125. The second kappa shape index (κ2) is 8.16. The first-order chi connectivity index (χ1) is 11.5. The lowest BCUT2D eigenvalue weighted by atomic mass is 10.2. The summed E-state index contributed by atoms with van der Waals surface area (Å²) in [6, 6.07) is 8.67. The van der Waals surface area contributed by atoms with Crippen molar-refractivity contribution in [1.29, 1.82) is 0 Å². The molecule has 0 saturated carbocycles. The summed E-state index contributed by atoms with van der Waals surface area (Å²) in [5, 5.41) is 3.94. The van der Waals surface area contributed by atoms with Gasteiger partial charge in [0.2, 0.25) is 0 Å². The molecule has 2 rings (SSSR count). The predicted octanol–water partition coefficient (Wildman–Crippen LogP) is 3.07. The summed E-state index contributed by atoms with van der Waals surface area (Å²) < 4.78 is 24.8. The molecular formula is C16H15ClFN3O3. The van der Waals surface area contributed by atoms with Crippen LogP contribution in [0, 0.1) is 5.82 Å². The van der Waals surface area contributed by atoms with Gasteiger partial charge in [0.25, 0.3) is 0 Å². The highest BCUT2D eigenvalue weighted by molar-refractivity contribution is 6.31. The number of nitrogens with zero attached hydrogens (tertiary/aromatic N) is 1. The molecule has 0 aliphatic rings. The molecule has 0 saturated heterocycles. The van der Waals surface area contributed by atoms with Crippen LogP contribution in [0.2, 0.25) is 5.02 Å². The second-order valence-electron chi connectivity index (χ2n) is 4.60. The molecule has 3 N–H and O–H groups in total. The minimum atomic E-state index is -0.797. The van der Waals surface area contributed by atoms with Crippen molar-refractivity contribution in [3.8, 4) is 11.5 Å². The second-order valence-corrected chi connectivity index (χ2v) is 5.01. The Morgan fingerprint density at radius 1 is 1.38 bits per heavy atom. The minimum absolute atomic E-state index is 0.101. The lowest BCUT2D eigenvalue weighted by Gasteiger charge is -2.14. The molecule has 24 heavy (non-hydrogen) atoms. The third-order valence-corrected chi connectivity index (χ3v) is 3.38. The molecule has 0 aliphatic heterocycles. The summed E-state index contributed by atoms with van der Waals surface area (Å²) in [7, 11) is 1.47. The van der Waals surface area contributed by atoms with E-state index in [1.165, 1.54) is 25.5 Å². The van der Waals surface area contributed by atoms with E-state index in [9.17, 15) is 9.18 Å². The Morgan fingerprint density at radius 2 is 2.12 bits per heavy atom. The topological polar surface area (TPSA) is 85.9 Å². The molecule has 0 radical (unpaired) electrons. The van der Waals surface area contributed by atoms with Gasteiger partial charge in [-0.3, -0.25) is 0 Å². The molecule has 2 aromatic carbocycles. The molecule has 126 valence electrons. The quantitative estimate of drug-likeness (QED) is 0.619. The van der Waals surface area contributed by atoms with Crippen molar-refractivity contribution in [2.75, 3.05) is 7.11 Å². The monoisotopic (exact) mass is 351 g/mol. The number of ether oxygens (including phenoxy) is 2. The van der Waals surface area contributed by atoms with E-state index < -0.39 is 11.8 Å². The molecule has 0 bridgehead atoms. The number of hydrogen-bond acceptors (Lipinski definition) is 4. The van der Waals surface area contributed by atoms with Gasteiger partial charge in [-0.15, -0.1) is 0 Å². The third kappa shape index (κ3) is 4.36. The van der Waals surface area contributed by atoms with Crippen LogP contribution in [0.15, 0.2) is 41.5 Å². The summed E-state index contributed by atoms with van der Waals surface area (Å²) in [5.74, 6) is 0.280. The van der Waals surface area contributed by atoms with Crippen molar-refractivity contribution in [1.82, 2.24) is 5.43 Å². The maximum atomic E-state index is 13.8. The zero-order valence-corrected chi connectivity index (χ0v) is 13.5. The smallest absolute Gasteiger partial charge is 0.332 e. The Labute approximate surface area is 143 Å². The number of carbonyl (C=O) groups excluding carboxylic acids is 1. The lowest BCUT2D eigenvalue weighted by molar-refractivity contribution is 0.249. The molecule has 2 aromatic rings. The summed E-state index contributed by atoms with van der Waals surface area (Å²) >= 11 is 5.99. The molecule has 0 aliphatic carbocycles. The number of hydrogen-bond donors (Lipinski definition) is 2. The number of primary amides is 1. The summed E-state index contributed by atoms with van der Waals surface area (Å²) in [5.41, 5.74) is 7.76. The number of halogens is 2. The fourth-order valence-corrected chi connectivity index (χ4v) is 2.15. The molecule has 0 spiro atoms. The van der Waals surface area contributed by atoms with Crippen molar-refractivity contribution in [2.24, 2.45) is 10.8 Å². The van der Waals surface area contributed by atoms with Crippen LogP contribution in [0.4, 0.5) is 9.18 Å². The lowest BCUT2D eigenvalue weighted by Crippen LogP contribution is -2.24. The fourth-order valence-electron chi connectivity index (χ4n) is 1.93. The number of hydrazone groups is 1. The van der Waals surface area contributed by atoms with Crippen LogP contribution in [0.5, 0.6) is 11.5 Å². The number of nitrogens with one attached hydrogen (secondary N) is 1. The van der Waals surface area contributed by atoms with E-state index in [0.717, 1.165) is 0 Å². The van der Waals surface area contributed by atoms with E-state index in [2.05, 4.69) is 10.5 Å². The van der Waals surface area contributed by atoms with Crippen LogP contribution in [-0.4, -0.2) is 19.4 Å². The molecule has 0 fully saturated rings. The number of amides is 2. The number of para-hydroxylation sites is 1. The Hall–Kier alpha value is -2.80. The number of nitrogens with two attached hydrogens (primary N) is 1. The van der Waals surface area contributed by atoms with E-state index in [-0.39, 0.29) is 17.2 Å². The predicted molar refractivity (Wildman–Crippen MR) is 89.0 cm³/mol. The first kappa shape index (κ1) is 17.6. The number of carbonyl (C=O) groups is 1. The van der Waals surface area contributed by atoms with Gasteiger partial charge in [-0.2, -0.15) is 5.10 Å². The van der Waals surface area contributed by atoms with E-state index in [1.807, 2.05) is 0 Å². The van der Waals surface area contributed by atoms with Gasteiger partial charge in [0, 0.05) is 11.1 Å². The van der Waals surface area contributed by atoms with E-state index in [4.69, 9.17) is 26.8 Å². The Bertz CT molecular complexity index is 748. The maximum Gasteiger partial charge on any atom is 0.332 e. The Kier molecular flexibility index (Phi) is 5.97. The van der Waals surface area contributed by atoms with Gasteiger partial charge in [0.1, 0.15) is 12.4 Å². The SMILES string of the molecule is COc1cccc(C=NNC(N)=O)c1OCc1c(F)cccc1Cl. The third-order valence-electron chi connectivity index (χ3n) is 3.03. The molecule has 6 nitrogen and oxygen atoms in total. The number of benzene rings is 2. The largest absolute Gasteiger partial charge is 0.493 e. The molecule has 0 unspecified atom stereocenters. The average molecular weight is 352 g/mol. The first-order valence-corrected chi connectivity index (χ1v) is 7.22. The molecule has 0 heterocycles. The van der Waals surface area contributed by atoms with Crippen LogP contribution in [0.3, 0.4) is 0 Å². The van der Waals surface area contributed by atoms with Crippen LogP contribution in [-0.2, 0) is 6.61 Å². The highest BCUT2D eigenvalue weighted by atomic mass is 35.5. The van der Waals surface area contributed by atoms with Crippen molar-refractivity contribution in [3.05, 3.63) is 58.4 Å². The van der Waals surface area contributed by atoms with Crippen LogP contribution >= 0.6 is 11.6 Å². The van der Waals surface area contributed by atoms with Crippen molar-refractivity contribution in [3.63, 3.8) is 0 Å². The van der Waals surface area contributed by atoms with Crippen molar-refractivity contribution < 1.29 is 18.7 Å². The van der Waals surface area contributed by atoms with Crippen LogP contribution in [0.25, 0.3) is 0 Å². The van der Waals surface area contributed by atoms with Gasteiger partial charge >= 0.3 is 6.03 Å². The molecule has 8 heteroatoms. The van der Waals surface area contributed by atoms with Crippen molar-refractivity contribution >= 4 is 23.8 Å². The zero-order valence-electron chi connectivity index (χ0n) is 12.8. The molecular weight excluding hydrogens is 337 g/mol. The van der Waals surface area contributed by atoms with Gasteiger partial charge in [0.05, 0.1) is 18.3 Å². The maximum absolute atomic E-state index is 13.8. The Balaban J connectivity index is 2.27. The van der Waals surface area contributed by atoms with E-state index in [0.29, 0.717) is 17.1 Å². The molecule has 0 aromatic heterocycles. The van der Waals surface area contributed by atoms with Gasteiger partial charge in [-0.05, 0) is 24.3 Å². The number of urea groups is 1. The normalized spacial score (nSPS) is 10.6. The summed E-state index contributed by atoms with van der Waals surface area (Å²) in [4.78, 5) is 10.7.